The van der Waals surface area contributed by atoms with Gasteiger partial charge in [-0.2, -0.15) is 0 Å². The molecule has 12 heteroatoms. The molecule has 0 radical (unpaired) electrons. The topological polar surface area (TPSA) is 92.0 Å². The van der Waals surface area contributed by atoms with Crippen molar-refractivity contribution < 1.29 is 10.0 Å². The van der Waals surface area contributed by atoms with Gasteiger partial charge in [0.15, 0.2) is 0 Å². The van der Waals surface area contributed by atoms with E-state index in [4.69, 9.17) is 56.5 Å². The molecule has 4 heterocycles. The van der Waals surface area contributed by atoms with Crippen molar-refractivity contribution in [3.63, 3.8) is 0 Å². The fraction of sp³-hybridized carbons (Fsp3) is 0. The third kappa shape index (κ3) is 5.12. The molecule has 0 amide bonds. The van der Waals surface area contributed by atoms with E-state index in [2.05, 4.69) is 42.5 Å². The van der Waals surface area contributed by atoms with E-state index in [1.807, 2.05) is 6.07 Å². The van der Waals surface area contributed by atoms with E-state index < -0.39 is 7.12 Å². The first kappa shape index (κ1) is 21.7. The van der Waals surface area contributed by atoms with Crippen molar-refractivity contribution in [1.82, 2.24) is 19.9 Å². The van der Waals surface area contributed by atoms with Gasteiger partial charge in [-0.3, -0.25) is 9.97 Å². The summed E-state index contributed by atoms with van der Waals surface area (Å²) in [7, 11) is -1.58. The van der Waals surface area contributed by atoms with Crippen LogP contribution in [-0.4, -0.2) is 37.1 Å². The summed E-state index contributed by atoms with van der Waals surface area (Å²) in [6.07, 6.45) is 3.11. The van der Waals surface area contributed by atoms with Crippen LogP contribution < -0.4 is 5.46 Å². The van der Waals surface area contributed by atoms with Crippen molar-refractivity contribution in [1.29, 1.82) is 0 Å². The first-order chi connectivity index (χ1) is 13.2. The third-order valence-corrected chi connectivity index (χ3v) is 5.04. The Hall–Kier alpha value is -1.01. The SMILES string of the molecule is Clc1cc2ncc(I)cc2c(Cl)n1.OB(O)c1cnc2cc(Cl)nc(Cl)c2c1. The van der Waals surface area contributed by atoms with Crippen LogP contribution in [0.2, 0.25) is 20.6 Å². The van der Waals surface area contributed by atoms with E-state index in [0.29, 0.717) is 21.2 Å². The summed E-state index contributed by atoms with van der Waals surface area (Å²) in [6.45, 7) is 0. The quantitative estimate of drug-likeness (QED) is 0.204. The Kier molecular flexibility index (Phi) is 7.14. The lowest BCUT2D eigenvalue weighted by Crippen LogP contribution is -2.30. The zero-order chi connectivity index (χ0) is 20.4. The molecule has 0 aliphatic heterocycles. The molecule has 4 aromatic heterocycles. The fourth-order valence-corrected chi connectivity index (χ4v) is 3.64. The van der Waals surface area contributed by atoms with E-state index in [1.54, 1.807) is 18.3 Å². The summed E-state index contributed by atoms with van der Waals surface area (Å²) < 4.78 is 1.02. The number of pyridine rings is 4. The van der Waals surface area contributed by atoms with Crippen LogP contribution in [-0.2, 0) is 0 Å². The van der Waals surface area contributed by atoms with Crippen molar-refractivity contribution in [3.05, 3.63) is 60.8 Å². The number of fused-ring (bicyclic) bond motifs is 2. The highest BCUT2D eigenvalue weighted by Crippen LogP contribution is 2.24. The summed E-state index contributed by atoms with van der Waals surface area (Å²) in [6, 6.07) is 6.68. The molecule has 0 aliphatic rings. The lowest BCUT2D eigenvalue weighted by Gasteiger charge is -2.03. The molecule has 0 aromatic carbocycles. The molecule has 4 aromatic rings. The Balaban J connectivity index is 0.000000162. The van der Waals surface area contributed by atoms with Gasteiger partial charge < -0.3 is 10.0 Å². The molecule has 2 N–H and O–H groups in total. The van der Waals surface area contributed by atoms with Gasteiger partial charge in [0.25, 0.3) is 0 Å². The van der Waals surface area contributed by atoms with Crippen LogP contribution in [0, 0.1) is 3.57 Å². The van der Waals surface area contributed by atoms with Crippen LogP contribution in [0.4, 0.5) is 0 Å². The van der Waals surface area contributed by atoms with Crippen LogP contribution in [0.3, 0.4) is 0 Å². The summed E-state index contributed by atoms with van der Waals surface area (Å²) in [5.74, 6) is 0. The standard InChI is InChI=1S/C8H5BCl2N2O2.C8H3Cl2IN2/c10-7-2-6-5(8(11)13-7)1-4(3-12-6)9(14)15;9-7-2-6-5(8(10)13-7)1-4(11)3-12-6/h1-3,14-15H;1-3H. The molecule has 0 aliphatic carbocycles. The lowest BCUT2D eigenvalue weighted by atomic mass is 9.81. The molecule has 6 nitrogen and oxygen atoms in total. The first-order valence-electron chi connectivity index (χ1n) is 7.49. The summed E-state index contributed by atoms with van der Waals surface area (Å²) >= 11 is 25.3. The minimum atomic E-state index is -1.58. The molecule has 0 unspecified atom stereocenters. The van der Waals surface area contributed by atoms with E-state index in [9.17, 15) is 0 Å². The predicted octanol–water partition coefficient (Wildman–Crippen LogP) is 4.16. The zero-order valence-corrected chi connectivity index (χ0v) is 18.8. The molecule has 142 valence electrons. The van der Waals surface area contributed by atoms with Crippen molar-refractivity contribution in [2.24, 2.45) is 0 Å². The van der Waals surface area contributed by atoms with Crippen molar-refractivity contribution >= 4 is 103 Å². The molecule has 4 rings (SSSR count). The number of rotatable bonds is 1. The van der Waals surface area contributed by atoms with E-state index >= 15 is 0 Å². The van der Waals surface area contributed by atoms with Crippen LogP contribution in [0.15, 0.2) is 36.7 Å². The average molecular weight is 568 g/mol. The number of hydrogen-bond donors (Lipinski definition) is 2. The summed E-state index contributed by atoms with van der Waals surface area (Å²) in [4.78, 5) is 15.9. The first-order valence-corrected chi connectivity index (χ1v) is 10.1. The Morgan fingerprint density at radius 3 is 1.79 bits per heavy atom. The smallest absolute Gasteiger partial charge is 0.423 e. The maximum Gasteiger partial charge on any atom is 0.490 e. The Morgan fingerprint density at radius 2 is 1.25 bits per heavy atom. The molecule has 28 heavy (non-hydrogen) atoms. The van der Waals surface area contributed by atoms with Gasteiger partial charge in [-0.1, -0.05) is 46.4 Å². The van der Waals surface area contributed by atoms with Gasteiger partial charge in [0.1, 0.15) is 20.6 Å². The average Bonchev–Trinajstić information content (AvgIpc) is 2.62. The molecule has 0 saturated heterocycles. The Labute approximate surface area is 193 Å². The maximum atomic E-state index is 8.95. The van der Waals surface area contributed by atoms with Gasteiger partial charge >= 0.3 is 7.12 Å². The minimum Gasteiger partial charge on any atom is -0.423 e. The second-order valence-corrected chi connectivity index (χ2v) is 8.14. The largest absolute Gasteiger partial charge is 0.490 e. The number of nitrogens with zero attached hydrogens (tertiary/aromatic N) is 4. The van der Waals surface area contributed by atoms with Gasteiger partial charge in [-0.15, -0.1) is 0 Å². The van der Waals surface area contributed by atoms with Gasteiger partial charge in [-0.05, 0) is 34.7 Å². The fourth-order valence-electron chi connectivity index (χ4n) is 2.24. The maximum absolute atomic E-state index is 8.95. The Bertz CT molecular complexity index is 1180. The van der Waals surface area contributed by atoms with Crippen molar-refractivity contribution in [2.75, 3.05) is 0 Å². The van der Waals surface area contributed by atoms with Crippen molar-refractivity contribution in [3.8, 4) is 0 Å². The molecule has 0 spiro atoms. The molecule has 0 atom stereocenters. The predicted molar refractivity (Wildman–Crippen MR) is 122 cm³/mol. The van der Waals surface area contributed by atoms with Crippen LogP contribution >= 0.6 is 69.0 Å². The molecule has 0 bridgehead atoms. The van der Waals surface area contributed by atoms with Crippen molar-refractivity contribution in [2.45, 2.75) is 0 Å². The summed E-state index contributed by atoms with van der Waals surface area (Å²) in [5.41, 5.74) is 1.59. The van der Waals surface area contributed by atoms with Crippen LogP contribution in [0.1, 0.15) is 0 Å². The zero-order valence-electron chi connectivity index (χ0n) is 13.6. The van der Waals surface area contributed by atoms with Gasteiger partial charge in [-0.25, -0.2) is 9.97 Å². The van der Waals surface area contributed by atoms with E-state index in [0.717, 1.165) is 14.5 Å². The highest BCUT2D eigenvalue weighted by Gasteiger charge is 2.13. The molecule has 0 saturated carbocycles. The van der Waals surface area contributed by atoms with Crippen LogP contribution in [0.25, 0.3) is 21.8 Å². The monoisotopic (exact) mass is 566 g/mol. The van der Waals surface area contributed by atoms with Gasteiger partial charge in [0.05, 0.1) is 11.0 Å². The van der Waals surface area contributed by atoms with E-state index in [1.165, 1.54) is 12.3 Å². The highest BCUT2D eigenvalue weighted by atomic mass is 127. The van der Waals surface area contributed by atoms with Crippen LogP contribution in [0.5, 0.6) is 0 Å². The minimum absolute atomic E-state index is 0.188. The summed E-state index contributed by atoms with van der Waals surface area (Å²) in [5, 5.41) is 20.5. The second-order valence-electron chi connectivity index (χ2n) is 5.40. The molecular weight excluding hydrogens is 560 g/mol. The van der Waals surface area contributed by atoms with E-state index in [-0.39, 0.29) is 15.8 Å². The molecule has 0 fully saturated rings. The second kappa shape index (κ2) is 9.21. The number of halogens is 5. The third-order valence-electron chi connectivity index (χ3n) is 3.49. The number of aromatic nitrogens is 4. The van der Waals surface area contributed by atoms with Gasteiger partial charge in [0.2, 0.25) is 0 Å². The Morgan fingerprint density at radius 1 is 0.750 bits per heavy atom. The normalized spacial score (nSPS) is 10.7. The number of hydrogen-bond acceptors (Lipinski definition) is 6. The lowest BCUT2D eigenvalue weighted by molar-refractivity contribution is 0.425. The highest BCUT2D eigenvalue weighted by molar-refractivity contribution is 14.1. The molecular formula is C16H8BCl4IN4O2. The van der Waals surface area contributed by atoms with Gasteiger partial charge in [0, 0.05) is 44.3 Å².